The summed E-state index contributed by atoms with van der Waals surface area (Å²) in [6.07, 6.45) is 0. The molecule has 0 saturated heterocycles. The van der Waals surface area contributed by atoms with E-state index < -0.39 is 11.9 Å². The zero-order chi connectivity index (χ0) is 20.1. The topological polar surface area (TPSA) is 80.3 Å². The SMILES string of the molecule is CC(C)(C)c1cccc(C(=O)[O-])c1.CC(C)(C)c1cccc(C(=O)[O-])c1.[Pb+2]. The second-order valence-electron chi connectivity index (χ2n) is 8.24. The average molecular weight is 562 g/mol. The molecule has 0 aliphatic heterocycles. The molecule has 0 saturated carbocycles. The average Bonchev–Trinajstić information content (AvgIpc) is 2.54. The van der Waals surface area contributed by atoms with Crippen molar-refractivity contribution in [3.05, 3.63) is 70.8 Å². The molecule has 5 heteroatoms. The first-order chi connectivity index (χ1) is 11.8. The van der Waals surface area contributed by atoms with E-state index in [-0.39, 0.29) is 49.3 Å². The van der Waals surface area contributed by atoms with Gasteiger partial charge in [0.25, 0.3) is 0 Å². The van der Waals surface area contributed by atoms with Crippen LogP contribution in [0.25, 0.3) is 0 Å². The summed E-state index contributed by atoms with van der Waals surface area (Å²) >= 11 is 0. The predicted octanol–water partition coefficient (Wildman–Crippen LogP) is 2.31. The molecular weight excluding hydrogens is 535 g/mol. The summed E-state index contributed by atoms with van der Waals surface area (Å²) in [7, 11) is 0. The van der Waals surface area contributed by atoms with Crippen LogP contribution in [0.1, 0.15) is 73.4 Å². The fourth-order valence-electron chi connectivity index (χ4n) is 2.23. The number of rotatable bonds is 2. The van der Waals surface area contributed by atoms with Crippen LogP contribution >= 0.6 is 0 Å². The van der Waals surface area contributed by atoms with Crippen LogP contribution in [0, 0.1) is 0 Å². The van der Waals surface area contributed by atoms with Crippen molar-refractivity contribution < 1.29 is 19.8 Å². The Kier molecular flexibility index (Phi) is 9.38. The van der Waals surface area contributed by atoms with E-state index >= 15 is 0 Å². The normalized spacial score (nSPS) is 10.9. The van der Waals surface area contributed by atoms with E-state index in [0.717, 1.165) is 11.1 Å². The van der Waals surface area contributed by atoms with Gasteiger partial charge >= 0.3 is 27.3 Å². The Bertz CT molecular complexity index is 716. The molecule has 0 aliphatic carbocycles. The first-order valence-electron chi connectivity index (χ1n) is 8.46. The maximum Gasteiger partial charge on any atom is 2.00 e. The first-order valence-corrected chi connectivity index (χ1v) is 8.46. The number of carboxylic acid groups (broad SMARTS) is 2. The van der Waals surface area contributed by atoms with Crippen molar-refractivity contribution in [1.82, 2.24) is 0 Å². The van der Waals surface area contributed by atoms with Gasteiger partial charge in [-0.3, -0.25) is 0 Å². The molecule has 27 heavy (non-hydrogen) atoms. The molecule has 0 atom stereocenters. The van der Waals surface area contributed by atoms with Crippen molar-refractivity contribution in [3.63, 3.8) is 0 Å². The first kappa shape index (κ1) is 25.3. The predicted molar refractivity (Wildman–Crippen MR) is 105 cm³/mol. The number of aromatic carboxylic acids is 2. The molecule has 0 aliphatic rings. The molecule has 2 aromatic carbocycles. The number of carbonyl (C=O) groups excluding carboxylic acids is 2. The van der Waals surface area contributed by atoms with Gasteiger partial charge in [-0.15, -0.1) is 0 Å². The van der Waals surface area contributed by atoms with Crippen LogP contribution in [-0.2, 0) is 10.8 Å². The number of benzene rings is 2. The molecule has 4 nitrogen and oxygen atoms in total. The van der Waals surface area contributed by atoms with Gasteiger partial charge in [-0.1, -0.05) is 77.9 Å². The fraction of sp³-hybridized carbons (Fsp3) is 0.364. The van der Waals surface area contributed by atoms with Gasteiger partial charge in [-0.05, 0) is 45.2 Å². The fourth-order valence-corrected chi connectivity index (χ4v) is 2.23. The van der Waals surface area contributed by atoms with E-state index in [1.165, 1.54) is 0 Å². The van der Waals surface area contributed by atoms with Gasteiger partial charge in [0.15, 0.2) is 0 Å². The minimum absolute atomic E-state index is 0. The molecule has 0 aromatic heterocycles. The zero-order valence-electron chi connectivity index (χ0n) is 16.8. The smallest absolute Gasteiger partial charge is 0.545 e. The van der Waals surface area contributed by atoms with Gasteiger partial charge in [0.1, 0.15) is 0 Å². The van der Waals surface area contributed by atoms with Gasteiger partial charge in [-0.25, -0.2) is 0 Å². The van der Waals surface area contributed by atoms with E-state index in [1.54, 1.807) is 36.4 Å². The van der Waals surface area contributed by atoms with Crippen LogP contribution in [0.15, 0.2) is 48.5 Å². The third-order valence-corrected chi connectivity index (χ3v) is 3.93. The Morgan fingerprint density at radius 2 is 0.963 bits per heavy atom. The number of hydrogen-bond acceptors (Lipinski definition) is 4. The summed E-state index contributed by atoms with van der Waals surface area (Å²) in [5.41, 5.74) is 2.46. The van der Waals surface area contributed by atoms with Crippen LogP contribution in [-0.4, -0.2) is 39.2 Å². The van der Waals surface area contributed by atoms with Crippen LogP contribution in [0.2, 0.25) is 0 Å². The van der Waals surface area contributed by atoms with Crippen molar-refractivity contribution in [3.8, 4) is 0 Å². The summed E-state index contributed by atoms with van der Waals surface area (Å²) in [6, 6.07) is 13.7. The molecule has 2 aromatic rings. The zero-order valence-corrected chi connectivity index (χ0v) is 20.6. The molecule has 0 spiro atoms. The van der Waals surface area contributed by atoms with Gasteiger partial charge < -0.3 is 19.8 Å². The number of hydrogen-bond donors (Lipinski definition) is 0. The maximum atomic E-state index is 10.6. The maximum absolute atomic E-state index is 10.6. The van der Waals surface area contributed by atoms with Crippen LogP contribution in [0.5, 0.6) is 0 Å². The van der Waals surface area contributed by atoms with Crippen LogP contribution in [0.4, 0.5) is 0 Å². The molecule has 0 unspecified atom stereocenters. The monoisotopic (exact) mass is 562 g/mol. The summed E-state index contributed by atoms with van der Waals surface area (Å²) in [4.78, 5) is 21.1. The molecular formula is C22H26O4Pb. The van der Waals surface area contributed by atoms with E-state index in [0.29, 0.717) is 0 Å². The summed E-state index contributed by atoms with van der Waals surface area (Å²) < 4.78 is 0. The van der Waals surface area contributed by atoms with Crippen molar-refractivity contribution >= 4 is 39.2 Å². The molecule has 2 rings (SSSR count). The Balaban J connectivity index is 0.000000483. The minimum atomic E-state index is -1.12. The number of carbonyl (C=O) groups is 2. The van der Waals surface area contributed by atoms with E-state index in [9.17, 15) is 19.8 Å². The Hall–Kier alpha value is -1.70. The van der Waals surface area contributed by atoms with Gasteiger partial charge in [0.05, 0.1) is 11.9 Å². The van der Waals surface area contributed by atoms with Gasteiger partial charge in [-0.2, -0.15) is 0 Å². The quantitative estimate of drug-likeness (QED) is 0.528. The summed E-state index contributed by atoms with van der Waals surface area (Å²) in [6.45, 7) is 12.3. The van der Waals surface area contributed by atoms with Gasteiger partial charge in [0.2, 0.25) is 0 Å². The summed E-state index contributed by atoms with van der Waals surface area (Å²) in [5.74, 6) is -2.24. The largest absolute Gasteiger partial charge is 2.00 e. The van der Waals surface area contributed by atoms with Crippen LogP contribution in [0.3, 0.4) is 0 Å². The Labute approximate surface area is 181 Å². The van der Waals surface area contributed by atoms with Gasteiger partial charge in [0, 0.05) is 0 Å². The third-order valence-electron chi connectivity index (χ3n) is 3.93. The van der Waals surface area contributed by atoms with Crippen molar-refractivity contribution in [2.24, 2.45) is 0 Å². The van der Waals surface area contributed by atoms with E-state index in [1.807, 2.05) is 53.7 Å². The molecule has 0 heterocycles. The minimum Gasteiger partial charge on any atom is -0.545 e. The Morgan fingerprint density at radius 1 is 0.667 bits per heavy atom. The van der Waals surface area contributed by atoms with Crippen molar-refractivity contribution in [2.45, 2.75) is 52.4 Å². The van der Waals surface area contributed by atoms with Crippen LogP contribution < -0.4 is 10.2 Å². The Morgan fingerprint density at radius 3 is 1.19 bits per heavy atom. The summed E-state index contributed by atoms with van der Waals surface area (Å²) in [5, 5.41) is 21.1. The third kappa shape index (κ3) is 8.24. The standard InChI is InChI=1S/2C11H14O2.Pb/c2*1-11(2,3)9-6-4-5-8(7-9)10(12)13;/h2*4-7H,1-3H3,(H,12,13);/q;;+2/p-2. The van der Waals surface area contributed by atoms with E-state index in [2.05, 4.69) is 0 Å². The molecule has 0 amide bonds. The molecule has 0 bridgehead atoms. The molecule has 0 fully saturated rings. The molecule has 2 radical (unpaired) electrons. The second kappa shape index (κ2) is 10.0. The number of carboxylic acids is 2. The second-order valence-corrected chi connectivity index (χ2v) is 8.24. The van der Waals surface area contributed by atoms with Crippen molar-refractivity contribution in [2.75, 3.05) is 0 Å². The molecule has 142 valence electrons. The van der Waals surface area contributed by atoms with E-state index in [4.69, 9.17) is 0 Å². The van der Waals surface area contributed by atoms with Crippen molar-refractivity contribution in [1.29, 1.82) is 0 Å². The molecule has 0 N–H and O–H groups in total.